The number of amides is 2. The van der Waals surface area contributed by atoms with E-state index in [-0.39, 0.29) is 17.9 Å². The molecule has 0 bridgehead atoms. The van der Waals surface area contributed by atoms with E-state index in [0.29, 0.717) is 12.5 Å². The molecule has 150 valence electrons. The van der Waals surface area contributed by atoms with E-state index < -0.39 is 0 Å². The van der Waals surface area contributed by atoms with Crippen LogP contribution in [0.3, 0.4) is 0 Å². The molecule has 2 amide bonds. The van der Waals surface area contributed by atoms with Crippen molar-refractivity contribution >= 4 is 34.1 Å². The van der Waals surface area contributed by atoms with Crippen LogP contribution >= 0.6 is 11.3 Å². The van der Waals surface area contributed by atoms with Gasteiger partial charge in [0.25, 0.3) is 5.91 Å². The Morgan fingerprint density at radius 2 is 1.83 bits per heavy atom. The molecule has 2 aliphatic heterocycles. The molecule has 5 rings (SSSR count). The van der Waals surface area contributed by atoms with Crippen molar-refractivity contribution in [1.29, 1.82) is 0 Å². The summed E-state index contributed by atoms with van der Waals surface area (Å²) in [4.78, 5) is 33.9. The van der Waals surface area contributed by atoms with E-state index >= 15 is 0 Å². The van der Waals surface area contributed by atoms with Gasteiger partial charge in [0, 0.05) is 36.7 Å². The van der Waals surface area contributed by atoms with Crippen molar-refractivity contribution in [3.05, 3.63) is 58.4 Å². The average molecular weight is 408 g/mol. The quantitative estimate of drug-likeness (QED) is 0.706. The lowest BCUT2D eigenvalue weighted by atomic mass is 9.89. The van der Waals surface area contributed by atoms with Crippen LogP contribution in [0.25, 0.3) is 10.9 Å². The third kappa shape index (κ3) is 3.35. The number of carbonyl (C=O) groups excluding carboxylic acids is 2. The lowest BCUT2D eigenvalue weighted by Gasteiger charge is -2.35. The third-order valence-corrected chi connectivity index (χ3v) is 7.26. The molecule has 2 aromatic heterocycles. The van der Waals surface area contributed by atoms with E-state index in [1.54, 1.807) is 4.90 Å². The number of fused-ring (bicyclic) bond motifs is 1. The van der Waals surface area contributed by atoms with Gasteiger partial charge in [-0.25, -0.2) is 0 Å². The first-order chi connectivity index (χ1) is 14.2. The monoisotopic (exact) mass is 407 g/mol. The van der Waals surface area contributed by atoms with Gasteiger partial charge in [0.05, 0.1) is 4.88 Å². The van der Waals surface area contributed by atoms with E-state index in [2.05, 4.69) is 35.4 Å². The minimum atomic E-state index is -0.297. The molecule has 0 saturated carbocycles. The second-order valence-electron chi connectivity index (χ2n) is 8.02. The van der Waals surface area contributed by atoms with Crippen molar-refractivity contribution in [2.75, 3.05) is 19.6 Å². The van der Waals surface area contributed by atoms with Crippen LogP contribution in [0.2, 0.25) is 0 Å². The molecule has 0 radical (unpaired) electrons. The third-order valence-electron chi connectivity index (χ3n) is 6.40. The average Bonchev–Trinajstić information content (AvgIpc) is 3.53. The maximum Gasteiger partial charge on any atom is 0.264 e. The molecular formula is C23H25N3O2S. The Bertz CT molecular complexity index is 1020. The van der Waals surface area contributed by atoms with Gasteiger partial charge in [-0.05, 0) is 54.7 Å². The Morgan fingerprint density at radius 1 is 1.00 bits per heavy atom. The number of hydrogen-bond donors (Lipinski definition) is 1. The summed E-state index contributed by atoms with van der Waals surface area (Å²) in [5, 5.41) is 3.20. The maximum atomic E-state index is 13.2. The second-order valence-corrected chi connectivity index (χ2v) is 8.97. The fourth-order valence-electron chi connectivity index (χ4n) is 4.86. The number of nitrogens with one attached hydrogen (secondary N) is 1. The molecular weight excluding hydrogens is 382 g/mol. The van der Waals surface area contributed by atoms with Crippen LogP contribution in [-0.2, 0) is 4.79 Å². The summed E-state index contributed by atoms with van der Waals surface area (Å²) in [6.45, 7) is 2.21. The first-order valence-electron chi connectivity index (χ1n) is 10.4. The SMILES string of the molecule is O=C([C@H]1CCCN1C(=O)c1cccs1)N1CCC(c2c[nH]c3ccccc23)CC1. The van der Waals surface area contributed by atoms with Gasteiger partial charge in [-0.15, -0.1) is 11.3 Å². The van der Waals surface area contributed by atoms with Crippen LogP contribution in [-0.4, -0.2) is 52.3 Å². The van der Waals surface area contributed by atoms with Crippen molar-refractivity contribution in [3.63, 3.8) is 0 Å². The normalized spacial score (nSPS) is 20.5. The van der Waals surface area contributed by atoms with Crippen molar-refractivity contribution < 1.29 is 9.59 Å². The van der Waals surface area contributed by atoms with Gasteiger partial charge in [-0.2, -0.15) is 0 Å². The number of carbonyl (C=O) groups is 2. The van der Waals surface area contributed by atoms with Gasteiger partial charge in [0.1, 0.15) is 6.04 Å². The number of para-hydroxylation sites is 1. The zero-order valence-electron chi connectivity index (χ0n) is 16.3. The highest BCUT2D eigenvalue weighted by Gasteiger charge is 2.38. The van der Waals surface area contributed by atoms with Crippen molar-refractivity contribution in [1.82, 2.24) is 14.8 Å². The van der Waals surface area contributed by atoms with Crippen LogP contribution in [0.5, 0.6) is 0 Å². The topological polar surface area (TPSA) is 56.4 Å². The zero-order chi connectivity index (χ0) is 19.8. The van der Waals surface area contributed by atoms with Gasteiger partial charge in [-0.1, -0.05) is 24.3 Å². The standard InChI is InChI=1S/C23H25N3O2S/c27-22(20-7-3-11-26(20)23(28)21-8-4-14-29-21)25-12-9-16(10-13-25)18-15-24-19-6-2-1-5-17(18)19/h1-2,4-6,8,14-16,20,24H,3,7,9-13H2/t20-/m1/s1. The maximum absolute atomic E-state index is 13.2. The zero-order valence-corrected chi connectivity index (χ0v) is 17.2. The van der Waals surface area contributed by atoms with E-state index in [1.807, 2.05) is 22.4 Å². The summed E-state index contributed by atoms with van der Waals surface area (Å²) in [6.07, 6.45) is 5.75. The number of likely N-dealkylation sites (tertiary alicyclic amines) is 2. The highest BCUT2D eigenvalue weighted by molar-refractivity contribution is 7.12. The molecule has 2 fully saturated rings. The Morgan fingerprint density at radius 3 is 2.62 bits per heavy atom. The first-order valence-corrected chi connectivity index (χ1v) is 11.3. The smallest absolute Gasteiger partial charge is 0.264 e. The van der Waals surface area contributed by atoms with E-state index in [9.17, 15) is 9.59 Å². The fraction of sp³-hybridized carbons (Fsp3) is 0.391. The fourth-order valence-corrected chi connectivity index (χ4v) is 5.54. The molecule has 3 aromatic rings. The summed E-state index contributed by atoms with van der Waals surface area (Å²) in [5.41, 5.74) is 2.54. The van der Waals surface area contributed by atoms with Crippen molar-refractivity contribution in [3.8, 4) is 0 Å². The largest absolute Gasteiger partial charge is 0.361 e. The summed E-state index contributed by atoms with van der Waals surface area (Å²) in [5.74, 6) is 0.608. The highest BCUT2D eigenvalue weighted by atomic mass is 32.1. The number of thiophene rings is 1. The Kier molecular flexibility index (Phi) is 4.87. The molecule has 2 saturated heterocycles. The Hall–Kier alpha value is -2.60. The number of H-pyrrole nitrogens is 1. The summed E-state index contributed by atoms with van der Waals surface area (Å²) in [6, 6.07) is 11.9. The number of aromatic amines is 1. The van der Waals surface area contributed by atoms with Crippen LogP contribution in [0.1, 0.15) is 46.8 Å². The molecule has 6 heteroatoms. The molecule has 0 unspecified atom stereocenters. The highest BCUT2D eigenvalue weighted by Crippen LogP contribution is 2.34. The summed E-state index contributed by atoms with van der Waals surface area (Å²) in [7, 11) is 0. The van der Waals surface area contributed by atoms with Crippen molar-refractivity contribution in [2.45, 2.75) is 37.6 Å². The number of piperidine rings is 1. The lowest BCUT2D eigenvalue weighted by Crippen LogP contribution is -2.49. The summed E-state index contributed by atoms with van der Waals surface area (Å²) >= 11 is 1.45. The molecule has 2 aliphatic rings. The Balaban J connectivity index is 1.26. The summed E-state index contributed by atoms with van der Waals surface area (Å²) < 4.78 is 0. The lowest BCUT2D eigenvalue weighted by molar-refractivity contribution is -0.136. The van der Waals surface area contributed by atoms with Gasteiger partial charge >= 0.3 is 0 Å². The minimum Gasteiger partial charge on any atom is -0.361 e. The molecule has 1 atom stereocenters. The van der Waals surface area contributed by atoms with Crippen molar-refractivity contribution in [2.24, 2.45) is 0 Å². The second kappa shape index (κ2) is 7.67. The van der Waals surface area contributed by atoms with E-state index in [0.717, 1.165) is 43.6 Å². The number of benzene rings is 1. The first kappa shape index (κ1) is 18.4. The van der Waals surface area contributed by atoms with Gasteiger partial charge in [0.2, 0.25) is 5.91 Å². The number of aromatic nitrogens is 1. The van der Waals surface area contributed by atoms with Crippen LogP contribution in [0.4, 0.5) is 0 Å². The Labute approximate surface area is 174 Å². The van der Waals surface area contributed by atoms with Crippen LogP contribution in [0.15, 0.2) is 48.0 Å². The predicted octanol–water partition coefficient (Wildman–Crippen LogP) is 4.24. The minimum absolute atomic E-state index is 0.00419. The number of rotatable bonds is 3. The van der Waals surface area contributed by atoms with Crippen LogP contribution in [0, 0.1) is 0 Å². The van der Waals surface area contributed by atoms with Crippen LogP contribution < -0.4 is 0 Å². The van der Waals surface area contributed by atoms with E-state index in [4.69, 9.17) is 0 Å². The number of nitrogens with zero attached hydrogens (tertiary/aromatic N) is 2. The van der Waals surface area contributed by atoms with Gasteiger partial charge in [-0.3, -0.25) is 9.59 Å². The number of hydrogen-bond acceptors (Lipinski definition) is 3. The van der Waals surface area contributed by atoms with E-state index in [1.165, 1.54) is 27.8 Å². The molecule has 0 aliphatic carbocycles. The molecule has 4 heterocycles. The molecule has 29 heavy (non-hydrogen) atoms. The van der Waals surface area contributed by atoms with Gasteiger partial charge < -0.3 is 14.8 Å². The van der Waals surface area contributed by atoms with Gasteiger partial charge in [0.15, 0.2) is 0 Å². The molecule has 5 nitrogen and oxygen atoms in total. The molecule has 0 spiro atoms. The molecule has 1 aromatic carbocycles. The predicted molar refractivity (Wildman–Crippen MR) is 115 cm³/mol. The molecule has 1 N–H and O–H groups in total.